The molecule has 7 nitrogen and oxygen atoms in total. The summed E-state index contributed by atoms with van der Waals surface area (Å²) in [6.45, 7) is 7.57. The molecule has 0 radical (unpaired) electrons. The zero-order valence-corrected chi connectivity index (χ0v) is 23.7. The molecule has 0 saturated carbocycles. The summed E-state index contributed by atoms with van der Waals surface area (Å²) in [4.78, 5) is 28.4. The van der Waals surface area contributed by atoms with Gasteiger partial charge in [-0.25, -0.2) is 8.42 Å². The van der Waals surface area contributed by atoms with Gasteiger partial charge < -0.3 is 10.2 Å². The molecule has 0 aliphatic carbocycles. The van der Waals surface area contributed by atoms with Gasteiger partial charge in [-0.2, -0.15) is 0 Å². The highest BCUT2D eigenvalue weighted by atomic mass is 35.5. The predicted molar refractivity (Wildman–Crippen MR) is 152 cm³/mol. The quantitative estimate of drug-likeness (QED) is 0.357. The third-order valence-corrected chi connectivity index (χ3v) is 8.43. The molecule has 3 rings (SSSR count). The van der Waals surface area contributed by atoms with Gasteiger partial charge in [-0.3, -0.25) is 13.9 Å². The normalized spacial score (nSPS) is 12.0. The largest absolute Gasteiger partial charge is 0.355 e. The van der Waals surface area contributed by atoms with Crippen LogP contribution < -0.4 is 9.62 Å². The van der Waals surface area contributed by atoms with Gasteiger partial charge in [0.25, 0.3) is 10.0 Å². The molecule has 1 N–H and O–H groups in total. The van der Waals surface area contributed by atoms with Crippen LogP contribution in [0.3, 0.4) is 0 Å². The predicted octanol–water partition coefficient (Wildman–Crippen LogP) is 5.10. The lowest BCUT2D eigenvalue weighted by Crippen LogP contribution is -2.52. The number of nitrogens with one attached hydrogen (secondary N) is 1. The summed E-state index contributed by atoms with van der Waals surface area (Å²) in [5, 5.41) is 3.20. The molecular weight excluding hydrogens is 522 g/mol. The second kappa shape index (κ2) is 12.9. The Kier molecular flexibility index (Phi) is 9.94. The summed E-state index contributed by atoms with van der Waals surface area (Å²) >= 11 is 6.00. The fourth-order valence-corrected chi connectivity index (χ4v) is 5.67. The van der Waals surface area contributed by atoms with Crippen molar-refractivity contribution >= 4 is 39.1 Å². The van der Waals surface area contributed by atoms with Crippen molar-refractivity contribution in [2.45, 2.75) is 51.6 Å². The number of aryl methyl sites for hydroxylation is 2. The van der Waals surface area contributed by atoms with Crippen LogP contribution in [0, 0.1) is 13.8 Å². The molecular formula is C29H34ClN3O4S. The molecule has 0 fully saturated rings. The number of amides is 2. The van der Waals surface area contributed by atoms with E-state index in [4.69, 9.17) is 11.6 Å². The first-order valence-corrected chi connectivity index (χ1v) is 14.4. The zero-order chi connectivity index (χ0) is 27.9. The Balaban J connectivity index is 2.07. The van der Waals surface area contributed by atoms with Crippen LogP contribution in [0.4, 0.5) is 5.69 Å². The summed E-state index contributed by atoms with van der Waals surface area (Å²) in [5.41, 5.74) is 3.09. The summed E-state index contributed by atoms with van der Waals surface area (Å²) < 4.78 is 28.8. The molecule has 0 aliphatic heterocycles. The number of halogens is 1. The highest BCUT2D eigenvalue weighted by Crippen LogP contribution is 2.27. The van der Waals surface area contributed by atoms with E-state index >= 15 is 0 Å². The van der Waals surface area contributed by atoms with E-state index < -0.39 is 28.5 Å². The highest BCUT2D eigenvalue weighted by molar-refractivity contribution is 7.92. The van der Waals surface area contributed by atoms with Crippen molar-refractivity contribution in [3.63, 3.8) is 0 Å². The van der Waals surface area contributed by atoms with Crippen LogP contribution in [-0.2, 0) is 26.2 Å². The lowest BCUT2D eigenvalue weighted by molar-refractivity contribution is -0.140. The number of carbonyl (C=O) groups excluding carboxylic acids is 2. The van der Waals surface area contributed by atoms with Gasteiger partial charge in [0.05, 0.1) is 10.6 Å². The highest BCUT2D eigenvalue weighted by Gasteiger charge is 2.33. The number of likely N-dealkylation sites (N-methyl/N-ethyl adjacent to an activating group) is 1. The molecule has 0 heterocycles. The molecule has 0 aromatic heterocycles. The molecule has 0 saturated heterocycles. The van der Waals surface area contributed by atoms with Gasteiger partial charge in [-0.15, -0.1) is 0 Å². The average Bonchev–Trinajstić information content (AvgIpc) is 2.89. The van der Waals surface area contributed by atoms with Gasteiger partial charge in [0.1, 0.15) is 12.6 Å². The standard InChI is InChI=1S/C29H34ClN3O4S/c1-5-27(29(35)31-6-2)32(19-23-10-8-7-9-11-23)28(34)20-33(25-15-12-21(3)22(4)18-25)38(36,37)26-16-13-24(30)14-17-26/h7-18,27H,5-6,19-20H2,1-4H3,(H,31,35). The molecule has 3 aromatic rings. The van der Waals surface area contributed by atoms with Crippen molar-refractivity contribution < 1.29 is 18.0 Å². The minimum atomic E-state index is -4.14. The monoisotopic (exact) mass is 555 g/mol. The molecule has 1 atom stereocenters. The van der Waals surface area contributed by atoms with Crippen LogP contribution in [0.25, 0.3) is 0 Å². The maximum Gasteiger partial charge on any atom is 0.264 e. The van der Waals surface area contributed by atoms with Gasteiger partial charge in [-0.05, 0) is 80.3 Å². The van der Waals surface area contributed by atoms with Crippen LogP contribution >= 0.6 is 11.6 Å². The van der Waals surface area contributed by atoms with Crippen molar-refractivity contribution in [1.29, 1.82) is 0 Å². The molecule has 38 heavy (non-hydrogen) atoms. The van der Waals surface area contributed by atoms with Gasteiger partial charge in [0.15, 0.2) is 0 Å². The third-order valence-electron chi connectivity index (χ3n) is 6.39. The van der Waals surface area contributed by atoms with Crippen molar-refractivity contribution in [3.8, 4) is 0 Å². The number of nitrogens with zero attached hydrogens (tertiary/aromatic N) is 2. The molecule has 1 unspecified atom stereocenters. The zero-order valence-electron chi connectivity index (χ0n) is 22.1. The van der Waals surface area contributed by atoms with Crippen molar-refractivity contribution in [2.24, 2.45) is 0 Å². The van der Waals surface area contributed by atoms with Gasteiger partial charge >= 0.3 is 0 Å². The second-order valence-corrected chi connectivity index (χ2v) is 11.4. The molecule has 0 bridgehead atoms. The van der Waals surface area contributed by atoms with E-state index in [1.54, 1.807) is 12.1 Å². The summed E-state index contributed by atoms with van der Waals surface area (Å²) in [6, 6.07) is 19.7. The van der Waals surface area contributed by atoms with E-state index in [-0.39, 0.29) is 17.3 Å². The van der Waals surface area contributed by atoms with Gasteiger partial charge in [-0.1, -0.05) is 54.9 Å². The minimum Gasteiger partial charge on any atom is -0.355 e. The van der Waals surface area contributed by atoms with E-state index in [2.05, 4.69) is 5.32 Å². The lowest BCUT2D eigenvalue weighted by atomic mass is 10.1. The maximum atomic E-state index is 13.9. The molecule has 9 heteroatoms. The van der Waals surface area contributed by atoms with E-state index in [1.165, 1.54) is 29.2 Å². The van der Waals surface area contributed by atoms with Crippen LogP contribution in [-0.4, -0.2) is 44.3 Å². The number of hydrogen-bond acceptors (Lipinski definition) is 4. The molecule has 2 amide bonds. The first-order valence-electron chi connectivity index (χ1n) is 12.5. The van der Waals surface area contributed by atoms with E-state index in [0.717, 1.165) is 21.0 Å². The van der Waals surface area contributed by atoms with Crippen molar-refractivity contribution in [1.82, 2.24) is 10.2 Å². The Morgan fingerprint density at radius 1 is 0.921 bits per heavy atom. The second-order valence-electron chi connectivity index (χ2n) is 9.06. The Morgan fingerprint density at radius 2 is 1.58 bits per heavy atom. The fraction of sp³-hybridized carbons (Fsp3) is 0.310. The van der Waals surface area contributed by atoms with Crippen LogP contribution in [0.15, 0.2) is 77.7 Å². The van der Waals surface area contributed by atoms with Crippen LogP contribution in [0.2, 0.25) is 5.02 Å². The molecule has 0 aliphatic rings. The third kappa shape index (κ3) is 6.94. The first-order chi connectivity index (χ1) is 18.1. The Labute approximate surface area is 230 Å². The topological polar surface area (TPSA) is 86.8 Å². The van der Waals surface area contributed by atoms with Gasteiger partial charge in [0.2, 0.25) is 11.8 Å². The summed E-state index contributed by atoms with van der Waals surface area (Å²) in [6.07, 6.45) is 0.373. The summed E-state index contributed by atoms with van der Waals surface area (Å²) in [5.74, 6) is -0.764. The van der Waals surface area contributed by atoms with Crippen molar-refractivity contribution in [3.05, 3.63) is 94.5 Å². The van der Waals surface area contributed by atoms with E-state index in [0.29, 0.717) is 23.7 Å². The minimum absolute atomic E-state index is 0.0123. The maximum absolute atomic E-state index is 13.9. The van der Waals surface area contributed by atoms with E-state index in [1.807, 2.05) is 64.1 Å². The van der Waals surface area contributed by atoms with Gasteiger partial charge in [0, 0.05) is 18.1 Å². The fourth-order valence-electron chi connectivity index (χ4n) is 4.13. The number of rotatable bonds is 11. The average molecular weight is 556 g/mol. The SMILES string of the molecule is CCNC(=O)C(CC)N(Cc1ccccc1)C(=O)CN(c1ccc(C)c(C)c1)S(=O)(=O)c1ccc(Cl)cc1. The Hall–Kier alpha value is -3.36. The Morgan fingerprint density at radius 3 is 2.16 bits per heavy atom. The van der Waals surface area contributed by atoms with E-state index in [9.17, 15) is 18.0 Å². The number of anilines is 1. The number of benzene rings is 3. The number of sulfonamides is 1. The Bertz CT molecular complexity index is 1360. The van der Waals surface area contributed by atoms with Crippen LogP contribution in [0.1, 0.15) is 37.0 Å². The smallest absolute Gasteiger partial charge is 0.264 e. The lowest BCUT2D eigenvalue weighted by Gasteiger charge is -2.33. The first kappa shape index (κ1) is 29.2. The van der Waals surface area contributed by atoms with Crippen LogP contribution in [0.5, 0.6) is 0 Å². The molecule has 202 valence electrons. The van der Waals surface area contributed by atoms with Crippen molar-refractivity contribution in [2.75, 3.05) is 17.4 Å². The molecule has 3 aromatic carbocycles. The number of hydrogen-bond donors (Lipinski definition) is 1. The summed E-state index contributed by atoms with van der Waals surface area (Å²) in [7, 11) is -4.14. The molecule has 0 spiro atoms. The number of carbonyl (C=O) groups is 2.